The second-order valence-corrected chi connectivity index (χ2v) is 25.6. The molecule has 0 aromatic rings. The van der Waals surface area contributed by atoms with Gasteiger partial charge in [-0.2, -0.15) is 0 Å². The molecular formula is C74H139NO10. The molecule has 11 nitrogen and oxygen atoms in total. The van der Waals surface area contributed by atoms with Crippen molar-refractivity contribution < 1.29 is 50.0 Å². The van der Waals surface area contributed by atoms with E-state index in [2.05, 4.69) is 67.8 Å². The van der Waals surface area contributed by atoms with Crippen LogP contribution in [-0.4, -0.2) is 110 Å². The third-order valence-corrected chi connectivity index (χ3v) is 17.6. The number of nitrogens with one attached hydrogen (secondary N) is 1. The number of hydrogen-bond donors (Lipinski definition) is 8. The first-order valence-electron chi connectivity index (χ1n) is 36.5. The van der Waals surface area contributed by atoms with Crippen LogP contribution < -0.4 is 5.32 Å². The Morgan fingerprint density at radius 1 is 0.400 bits per heavy atom. The van der Waals surface area contributed by atoms with Gasteiger partial charge in [-0.3, -0.25) is 4.79 Å². The molecule has 1 amide bonds. The van der Waals surface area contributed by atoms with E-state index in [0.29, 0.717) is 19.3 Å². The molecule has 1 heterocycles. The van der Waals surface area contributed by atoms with E-state index in [9.17, 15) is 40.5 Å². The molecule has 0 aromatic carbocycles. The number of aliphatic hydroxyl groups is 7. The van der Waals surface area contributed by atoms with Crippen LogP contribution in [0.25, 0.3) is 0 Å². The van der Waals surface area contributed by atoms with E-state index >= 15 is 0 Å². The van der Waals surface area contributed by atoms with Gasteiger partial charge in [0, 0.05) is 0 Å². The topological polar surface area (TPSA) is 189 Å². The molecule has 1 aliphatic heterocycles. The average Bonchev–Trinajstić information content (AvgIpc) is 3.67. The first kappa shape index (κ1) is 81.1. The summed E-state index contributed by atoms with van der Waals surface area (Å²) >= 11 is 0. The number of carbonyl (C=O) groups excluding carboxylic acids is 1. The van der Waals surface area contributed by atoms with Crippen LogP contribution in [0.5, 0.6) is 0 Å². The van der Waals surface area contributed by atoms with Crippen LogP contribution in [0.1, 0.15) is 348 Å². The maximum absolute atomic E-state index is 13.2. The van der Waals surface area contributed by atoms with Gasteiger partial charge in [0.05, 0.1) is 25.4 Å². The van der Waals surface area contributed by atoms with E-state index in [1.165, 1.54) is 257 Å². The Labute approximate surface area is 523 Å². The summed E-state index contributed by atoms with van der Waals surface area (Å²) in [6.07, 6.45) is 70.8. The number of hydrogen-bond acceptors (Lipinski definition) is 10. The summed E-state index contributed by atoms with van der Waals surface area (Å²) in [5, 5.41) is 76.4. The number of carbonyl (C=O) groups is 1. The summed E-state index contributed by atoms with van der Waals surface area (Å²) in [7, 11) is 0. The van der Waals surface area contributed by atoms with Crippen LogP contribution in [0.4, 0.5) is 0 Å². The predicted molar refractivity (Wildman–Crippen MR) is 358 cm³/mol. The van der Waals surface area contributed by atoms with Gasteiger partial charge < -0.3 is 50.5 Å². The minimum Gasteiger partial charge on any atom is -0.394 e. The maximum atomic E-state index is 13.2. The van der Waals surface area contributed by atoms with Gasteiger partial charge in [0.2, 0.25) is 5.91 Å². The zero-order valence-electron chi connectivity index (χ0n) is 55.4. The highest BCUT2D eigenvalue weighted by atomic mass is 16.7. The van der Waals surface area contributed by atoms with E-state index in [1.807, 2.05) is 0 Å². The Kier molecular flexibility index (Phi) is 59.4. The fourth-order valence-corrected chi connectivity index (χ4v) is 11.7. The van der Waals surface area contributed by atoms with Gasteiger partial charge in [0.1, 0.15) is 36.6 Å². The van der Waals surface area contributed by atoms with Crippen molar-refractivity contribution in [1.82, 2.24) is 5.32 Å². The summed E-state index contributed by atoms with van der Waals surface area (Å²) < 4.78 is 11.2. The van der Waals surface area contributed by atoms with Gasteiger partial charge in [-0.05, 0) is 89.9 Å². The van der Waals surface area contributed by atoms with Crippen molar-refractivity contribution in [3.63, 3.8) is 0 Å². The van der Waals surface area contributed by atoms with Gasteiger partial charge in [0.25, 0.3) is 0 Å². The molecule has 0 saturated carbocycles. The number of ether oxygens (including phenoxy) is 2. The summed E-state index contributed by atoms with van der Waals surface area (Å²) in [5.74, 6) is -0.708. The molecule has 8 N–H and O–H groups in total. The summed E-state index contributed by atoms with van der Waals surface area (Å²) in [6, 6.07) is -1.20. The van der Waals surface area contributed by atoms with Crippen molar-refractivity contribution in [3.8, 4) is 0 Å². The molecule has 0 aliphatic carbocycles. The quantitative estimate of drug-likeness (QED) is 0.0215. The van der Waals surface area contributed by atoms with Crippen LogP contribution in [0, 0.1) is 0 Å². The second kappa shape index (κ2) is 62.3. The molecule has 500 valence electrons. The maximum Gasteiger partial charge on any atom is 0.249 e. The lowest BCUT2D eigenvalue weighted by atomic mass is 9.98. The van der Waals surface area contributed by atoms with Crippen LogP contribution in [0.2, 0.25) is 0 Å². The molecule has 85 heavy (non-hydrogen) atoms. The van der Waals surface area contributed by atoms with Crippen molar-refractivity contribution in [2.45, 2.75) is 403 Å². The molecule has 0 aromatic heterocycles. The van der Waals surface area contributed by atoms with Gasteiger partial charge >= 0.3 is 0 Å². The van der Waals surface area contributed by atoms with E-state index in [0.717, 1.165) is 44.9 Å². The van der Waals surface area contributed by atoms with Gasteiger partial charge in [-0.1, -0.05) is 306 Å². The first-order valence-corrected chi connectivity index (χ1v) is 36.5. The molecule has 0 radical (unpaired) electrons. The molecule has 1 rings (SSSR count). The van der Waals surface area contributed by atoms with Crippen LogP contribution in [-0.2, 0) is 14.3 Å². The Morgan fingerprint density at radius 2 is 0.706 bits per heavy atom. The molecular weight excluding hydrogens is 1060 g/mol. The van der Waals surface area contributed by atoms with Crippen LogP contribution in [0.3, 0.4) is 0 Å². The molecule has 1 fully saturated rings. The van der Waals surface area contributed by atoms with E-state index in [-0.39, 0.29) is 12.8 Å². The van der Waals surface area contributed by atoms with Crippen molar-refractivity contribution in [2.24, 2.45) is 0 Å². The van der Waals surface area contributed by atoms with Crippen molar-refractivity contribution >= 4 is 5.91 Å². The second-order valence-electron chi connectivity index (χ2n) is 25.6. The van der Waals surface area contributed by atoms with Crippen LogP contribution in [0.15, 0.2) is 48.6 Å². The highest BCUT2D eigenvalue weighted by Crippen LogP contribution is 2.24. The number of allylic oxidation sites excluding steroid dienone is 8. The van der Waals surface area contributed by atoms with E-state index in [1.54, 1.807) is 0 Å². The lowest BCUT2D eigenvalue weighted by molar-refractivity contribution is -0.303. The lowest BCUT2D eigenvalue weighted by Crippen LogP contribution is -2.60. The molecule has 9 unspecified atom stereocenters. The van der Waals surface area contributed by atoms with E-state index in [4.69, 9.17) is 9.47 Å². The zero-order valence-corrected chi connectivity index (χ0v) is 55.4. The Bertz CT molecular complexity index is 1520. The number of unbranched alkanes of at least 4 members (excludes halogenated alkanes) is 44. The molecule has 11 heteroatoms. The molecule has 1 saturated heterocycles. The van der Waals surface area contributed by atoms with Gasteiger partial charge in [-0.15, -0.1) is 0 Å². The third kappa shape index (κ3) is 49.5. The largest absolute Gasteiger partial charge is 0.394 e. The van der Waals surface area contributed by atoms with E-state index < -0.39 is 74.2 Å². The average molecular weight is 1200 g/mol. The predicted octanol–water partition coefficient (Wildman–Crippen LogP) is 17.9. The molecule has 9 atom stereocenters. The monoisotopic (exact) mass is 1200 g/mol. The Balaban J connectivity index is 2.15. The standard InChI is InChI=1S/C74H139NO10/c1-3-5-7-9-11-13-15-17-19-21-23-25-26-27-28-29-30-31-32-33-34-35-36-37-38-39-40-41-42-44-46-48-50-52-54-56-58-60-62-67(78)73(83)75-65(64-84-74-72(82)71(81)70(80)68(63-76)85-74)69(79)66(77)61-59-57-55-53-51-49-47-45-43-24-22-20-18-16-14-12-10-8-6-4-2/h20,22,33-34,45,47,53,55,65-72,74,76-82H,3-19,21,23-32,35-44,46,48-52,54,56-64H2,1-2H3,(H,75,83)/b22-20+,34-33-,47-45+,55-53+. The van der Waals surface area contributed by atoms with Crippen molar-refractivity contribution in [3.05, 3.63) is 48.6 Å². The highest BCUT2D eigenvalue weighted by molar-refractivity contribution is 5.80. The SMILES string of the molecule is CCCCCCCCC/C=C/CC/C=C/CC/C=C/CCCC(O)C(O)C(COC1OC(CO)C(O)C(O)C1O)NC(=O)C(O)CCCCCCCCCCCCCCCCCC/C=C\CCCCCCCCCCCCCCCCCCCC. The van der Waals surface area contributed by atoms with Gasteiger partial charge in [0.15, 0.2) is 6.29 Å². The van der Waals surface area contributed by atoms with Crippen molar-refractivity contribution in [1.29, 1.82) is 0 Å². The first-order chi connectivity index (χ1) is 41.7. The molecule has 1 aliphatic rings. The normalized spacial score (nSPS) is 19.1. The Morgan fingerprint density at radius 3 is 1.05 bits per heavy atom. The summed E-state index contributed by atoms with van der Waals surface area (Å²) in [6.45, 7) is 3.47. The fraction of sp³-hybridized carbons (Fsp3) is 0.878. The smallest absolute Gasteiger partial charge is 0.249 e. The Hall–Kier alpha value is -1.93. The zero-order chi connectivity index (χ0) is 61.7. The highest BCUT2D eigenvalue weighted by Gasteiger charge is 2.44. The summed E-state index contributed by atoms with van der Waals surface area (Å²) in [4.78, 5) is 13.2. The fourth-order valence-electron chi connectivity index (χ4n) is 11.7. The number of amides is 1. The third-order valence-electron chi connectivity index (χ3n) is 17.6. The minimum atomic E-state index is -1.67. The van der Waals surface area contributed by atoms with Crippen molar-refractivity contribution in [2.75, 3.05) is 13.2 Å². The van der Waals surface area contributed by atoms with Gasteiger partial charge in [-0.25, -0.2) is 0 Å². The lowest BCUT2D eigenvalue weighted by Gasteiger charge is -2.40. The summed E-state index contributed by atoms with van der Waals surface area (Å²) in [5.41, 5.74) is 0. The minimum absolute atomic E-state index is 0.241. The number of aliphatic hydroxyl groups excluding tert-OH is 7. The molecule has 0 bridgehead atoms. The molecule has 0 spiro atoms. The number of rotatable bonds is 64. The van der Waals surface area contributed by atoms with Crippen LogP contribution >= 0.6 is 0 Å².